The Morgan fingerprint density at radius 2 is 2.16 bits per heavy atom. The summed E-state index contributed by atoms with van der Waals surface area (Å²) in [6.45, 7) is 2.63. The second-order valence-electron chi connectivity index (χ2n) is 8.51. The number of rotatable bonds is 4. The summed E-state index contributed by atoms with van der Waals surface area (Å²) in [5, 5.41) is 0. The summed E-state index contributed by atoms with van der Waals surface area (Å²) in [6, 6.07) is 0. The Kier molecular flexibility index (Phi) is 5.97. The number of hydrogen-bond acceptors (Lipinski definition) is 6. The highest BCUT2D eigenvalue weighted by molar-refractivity contribution is 5.83. The summed E-state index contributed by atoms with van der Waals surface area (Å²) in [7, 11) is 0. The van der Waals surface area contributed by atoms with Gasteiger partial charge in [0.15, 0.2) is 0 Å². The number of nitrogens with one attached hydrogen (secondary N) is 1. The van der Waals surface area contributed by atoms with E-state index in [0.717, 1.165) is 6.20 Å². The summed E-state index contributed by atoms with van der Waals surface area (Å²) in [5.74, 6) is -0.699. The number of amides is 2. The zero-order valence-electron chi connectivity index (χ0n) is 17.0. The third-order valence-corrected chi connectivity index (χ3v) is 6.15. The number of aromatic nitrogens is 2. The van der Waals surface area contributed by atoms with Gasteiger partial charge in [-0.25, -0.2) is 4.98 Å². The molecular weight excluding hydrogens is 419 g/mol. The molecule has 12 heteroatoms. The van der Waals surface area contributed by atoms with E-state index in [1.807, 2.05) is 4.90 Å². The summed E-state index contributed by atoms with van der Waals surface area (Å²) >= 11 is 0. The molecule has 3 saturated heterocycles. The lowest BCUT2D eigenvalue weighted by molar-refractivity contribution is -0.144. The van der Waals surface area contributed by atoms with Crippen LogP contribution >= 0.6 is 0 Å². The molecule has 9 nitrogen and oxygen atoms in total. The minimum absolute atomic E-state index is 0.176. The summed E-state index contributed by atoms with van der Waals surface area (Å²) in [6.07, 6.45) is -2.61. The van der Waals surface area contributed by atoms with Gasteiger partial charge in [-0.15, -0.1) is 0 Å². The van der Waals surface area contributed by atoms with Gasteiger partial charge in [0, 0.05) is 32.6 Å². The second-order valence-corrected chi connectivity index (χ2v) is 8.51. The average molecular weight is 445 g/mol. The molecule has 4 heterocycles. The SMILES string of the molecule is NC(=O)C1CCCN(C(=O)C2CC3(CO2)CN(Cc2ncc(C(F)(F)F)[nH]2)CCO3)C1. The lowest BCUT2D eigenvalue weighted by Crippen LogP contribution is -2.53. The summed E-state index contributed by atoms with van der Waals surface area (Å²) in [4.78, 5) is 34.1. The maximum Gasteiger partial charge on any atom is 0.432 e. The van der Waals surface area contributed by atoms with Crippen LogP contribution in [0.4, 0.5) is 13.2 Å². The number of primary amides is 1. The Balaban J connectivity index is 1.35. The van der Waals surface area contributed by atoms with Crippen LogP contribution in [-0.4, -0.2) is 82.7 Å². The monoisotopic (exact) mass is 445 g/mol. The van der Waals surface area contributed by atoms with Gasteiger partial charge in [-0.3, -0.25) is 14.5 Å². The zero-order valence-corrected chi connectivity index (χ0v) is 17.0. The number of aromatic amines is 1. The van der Waals surface area contributed by atoms with Crippen molar-refractivity contribution in [1.82, 2.24) is 19.8 Å². The molecule has 3 atom stereocenters. The molecule has 0 aromatic carbocycles. The number of H-pyrrole nitrogens is 1. The van der Waals surface area contributed by atoms with Gasteiger partial charge in [-0.1, -0.05) is 0 Å². The summed E-state index contributed by atoms with van der Waals surface area (Å²) < 4.78 is 50.1. The van der Waals surface area contributed by atoms with E-state index in [0.29, 0.717) is 52.0 Å². The van der Waals surface area contributed by atoms with Crippen molar-refractivity contribution in [1.29, 1.82) is 0 Å². The Morgan fingerprint density at radius 3 is 2.87 bits per heavy atom. The second kappa shape index (κ2) is 8.40. The van der Waals surface area contributed by atoms with Gasteiger partial charge >= 0.3 is 6.18 Å². The fourth-order valence-corrected chi connectivity index (χ4v) is 4.55. The number of likely N-dealkylation sites (tertiary alicyclic amines) is 1. The third-order valence-electron chi connectivity index (χ3n) is 6.15. The van der Waals surface area contributed by atoms with Crippen molar-refractivity contribution in [3.8, 4) is 0 Å². The minimum atomic E-state index is -4.47. The van der Waals surface area contributed by atoms with Gasteiger partial charge in [0.25, 0.3) is 5.91 Å². The number of ether oxygens (including phenoxy) is 2. The fraction of sp³-hybridized carbons (Fsp3) is 0.737. The molecule has 1 spiro atoms. The number of alkyl halides is 3. The molecular formula is C19H26F3N5O4. The number of hydrogen-bond donors (Lipinski definition) is 2. The average Bonchev–Trinajstić information content (AvgIpc) is 3.35. The molecule has 1 aromatic heterocycles. The fourth-order valence-electron chi connectivity index (χ4n) is 4.55. The van der Waals surface area contributed by atoms with Crippen molar-refractivity contribution < 1.29 is 32.2 Å². The van der Waals surface area contributed by atoms with E-state index in [2.05, 4.69) is 9.97 Å². The molecule has 31 heavy (non-hydrogen) atoms. The Morgan fingerprint density at radius 1 is 1.35 bits per heavy atom. The molecule has 0 aliphatic carbocycles. The highest BCUT2D eigenvalue weighted by atomic mass is 19.4. The van der Waals surface area contributed by atoms with Crippen LogP contribution in [0.15, 0.2) is 6.20 Å². The molecule has 3 aliphatic rings. The molecule has 3 unspecified atom stereocenters. The highest BCUT2D eigenvalue weighted by Gasteiger charge is 2.48. The highest BCUT2D eigenvalue weighted by Crippen LogP contribution is 2.34. The number of halogens is 3. The first-order valence-corrected chi connectivity index (χ1v) is 10.3. The number of carbonyl (C=O) groups is 2. The largest absolute Gasteiger partial charge is 0.432 e. The van der Waals surface area contributed by atoms with E-state index in [-0.39, 0.29) is 30.8 Å². The van der Waals surface area contributed by atoms with Crippen LogP contribution < -0.4 is 5.73 Å². The van der Waals surface area contributed by atoms with Crippen LogP contribution in [-0.2, 0) is 31.8 Å². The van der Waals surface area contributed by atoms with E-state index in [4.69, 9.17) is 15.2 Å². The quantitative estimate of drug-likeness (QED) is 0.698. The molecule has 2 amide bonds. The van der Waals surface area contributed by atoms with Crippen LogP contribution in [0.1, 0.15) is 30.8 Å². The standard InChI is InChI=1S/C19H26F3N5O4/c20-19(21,22)14-7-24-15(25-14)9-26-4-5-31-18(10-26)6-13(30-11-18)17(29)27-3-1-2-12(8-27)16(23)28/h7,12-13H,1-6,8-11H2,(H2,23,28)(H,24,25). The topological polar surface area (TPSA) is 114 Å². The number of imidazole rings is 1. The molecule has 3 aliphatic heterocycles. The first-order chi connectivity index (χ1) is 14.7. The van der Waals surface area contributed by atoms with Crippen molar-refractivity contribution in [2.75, 3.05) is 39.4 Å². The van der Waals surface area contributed by atoms with Crippen LogP contribution in [0, 0.1) is 5.92 Å². The molecule has 3 N–H and O–H groups in total. The van der Waals surface area contributed by atoms with Gasteiger partial charge in [-0.2, -0.15) is 13.2 Å². The number of carbonyl (C=O) groups excluding carboxylic acids is 2. The zero-order chi connectivity index (χ0) is 22.2. The van der Waals surface area contributed by atoms with Crippen molar-refractivity contribution in [3.63, 3.8) is 0 Å². The number of nitrogens with two attached hydrogens (primary N) is 1. The van der Waals surface area contributed by atoms with Crippen molar-refractivity contribution in [3.05, 3.63) is 17.7 Å². The van der Waals surface area contributed by atoms with Gasteiger partial charge in [0.2, 0.25) is 5.91 Å². The summed E-state index contributed by atoms with van der Waals surface area (Å²) in [5.41, 5.74) is 3.82. The molecule has 1 aromatic rings. The molecule has 0 bridgehead atoms. The van der Waals surface area contributed by atoms with E-state index in [9.17, 15) is 22.8 Å². The number of morpholine rings is 1. The van der Waals surface area contributed by atoms with E-state index < -0.39 is 29.5 Å². The molecule has 3 fully saturated rings. The number of nitrogens with zero attached hydrogens (tertiary/aromatic N) is 3. The van der Waals surface area contributed by atoms with E-state index in [1.54, 1.807) is 4.90 Å². The lowest BCUT2D eigenvalue weighted by atomic mass is 9.94. The van der Waals surface area contributed by atoms with Crippen molar-refractivity contribution >= 4 is 11.8 Å². The lowest BCUT2D eigenvalue weighted by Gasteiger charge is -2.39. The maximum absolute atomic E-state index is 12.9. The van der Waals surface area contributed by atoms with Crippen LogP contribution in [0.25, 0.3) is 0 Å². The molecule has 0 saturated carbocycles. The first kappa shape index (κ1) is 22.0. The van der Waals surface area contributed by atoms with Crippen LogP contribution in [0.3, 0.4) is 0 Å². The normalized spacial score (nSPS) is 30.1. The molecule has 4 rings (SSSR count). The Labute approximate surface area is 177 Å². The number of piperidine rings is 1. The third kappa shape index (κ3) is 4.85. The van der Waals surface area contributed by atoms with Crippen molar-refractivity contribution in [2.24, 2.45) is 11.7 Å². The van der Waals surface area contributed by atoms with Crippen LogP contribution in [0.5, 0.6) is 0 Å². The van der Waals surface area contributed by atoms with Gasteiger partial charge in [0.1, 0.15) is 23.2 Å². The first-order valence-electron chi connectivity index (χ1n) is 10.3. The van der Waals surface area contributed by atoms with Gasteiger partial charge < -0.3 is 25.1 Å². The Bertz CT molecular complexity index is 832. The van der Waals surface area contributed by atoms with E-state index >= 15 is 0 Å². The smallest absolute Gasteiger partial charge is 0.370 e. The maximum atomic E-state index is 12.9. The molecule has 172 valence electrons. The molecule has 0 radical (unpaired) electrons. The predicted molar refractivity (Wildman–Crippen MR) is 100 cm³/mol. The van der Waals surface area contributed by atoms with Gasteiger partial charge in [0.05, 0.1) is 31.9 Å². The Hall–Kier alpha value is -2.18. The minimum Gasteiger partial charge on any atom is -0.370 e. The predicted octanol–water partition coefficient (Wildman–Crippen LogP) is 0.512. The van der Waals surface area contributed by atoms with Gasteiger partial charge in [-0.05, 0) is 12.8 Å². The van der Waals surface area contributed by atoms with Crippen LogP contribution in [0.2, 0.25) is 0 Å². The van der Waals surface area contributed by atoms with Crippen molar-refractivity contribution in [2.45, 2.75) is 43.7 Å². The van der Waals surface area contributed by atoms with E-state index in [1.165, 1.54) is 0 Å².